The molecule has 1 amide bonds. The number of likely N-dealkylation sites (tertiary alicyclic amines) is 1. The van der Waals surface area contributed by atoms with Crippen molar-refractivity contribution in [1.82, 2.24) is 4.90 Å². The molecule has 1 aromatic carbocycles. The fourth-order valence-electron chi connectivity index (χ4n) is 2.92. The van der Waals surface area contributed by atoms with Crippen LogP contribution in [0.2, 0.25) is 0 Å². The predicted molar refractivity (Wildman–Crippen MR) is 101 cm³/mol. The van der Waals surface area contributed by atoms with Crippen LogP contribution in [0.4, 0.5) is 13.6 Å². The lowest BCUT2D eigenvalue weighted by Crippen LogP contribution is -2.52. The van der Waals surface area contributed by atoms with Gasteiger partial charge in [0.1, 0.15) is 11.3 Å². The van der Waals surface area contributed by atoms with E-state index in [1.807, 2.05) is 0 Å². The van der Waals surface area contributed by atoms with E-state index in [0.717, 1.165) is 0 Å². The minimum absolute atomic E-state index is 0.0349. The Labute approximate surface area is 158 Å². The van der Waals surface area contributed by atoms with Gasteiger partial charge in [-0.3, -0.25) is 9.89 Å². The Bertz CT molecular complexity index is 741. The van der Waals surface area contributed by atoms with Crippen LogP contribution < -0.4 is 5.84 Å². The van der Waals surface area contributed by atoms with Gasteiger partial charge in [0.25, 0.3) is 6.43 Å². The Balaban J connectivity index is 2.17. The van der Waals surface area contributed by atoms with Gasteiger partial charge >= 0.3 is 6.09 Å². The number of alkyl halides is 2. The van der Waals surface area contributed by atoms with E-state index in [1.165, 1.54) is 6.07 Å². The number of hydrazone groups is 1. The van der Waals surface area contributed by atoms with Gasteiger partial charge in [-0.05, 0) is 33.3 Å². The number of nitrogens with zero attached hydrogens (tertiary/aromatic N) is 3. The van der Waals surface area contributed by atoms with Crippen LogP contribution >= 0.6 is 0 Å². The third-order valence-electron chi connectivity index (χ3n) is 4.25. The number of benzene rings is 1. The highest BCUT2D eigenvalue weighted by Gasteiger charge is 2.34. The fourth-order valence-corrected chi connectivity index (χ4v) is 2.92. The van der Waals surface area contributed by atoms with E-state index in [4.69, 9.17) is 10.6 Å². The van der Waals surface area contributed by atoms with Gasteiger partial charge in [0, 0.05) is 18.5 Å². The van der Waals surface area contributed by atoms with Gasteiger partial charge in [-0.15, -0.1) is 0 Å². The molecular weight excluding hydrogens is 354 g/mol. The van der Waals surface area contributed by atoms with Gasteiger partial charge in [-0.25, -0.2) is 13.6 Å². The summed E-state index contributed by atoms with van der Waals surface area (Å²) in [4.78, 5) is 18.4. The fraction of sp³-hybridized carbons (Fsp3) is 0.526. The van der Waals surface area contributed by atoms with Gasteiger partial charge < -0.3 is 10.6 Å². The highest BCUT2D eigenvalue weighted by Crippen LogP contribution is 2.24. The second-order valence-electron chi connectivity index (χ2n) is 7.38. The van der Waals surface area contributed by atoms with Crippen molar-refractivity contribution in [2.24, 2.45) is 15.9 Å². The van der Waals surface area contributed by atoms with E-state index in [9.17, 15) is 13.6 Å². The van der Waals surface area contributed by atoms with Crippen LogP contribution in [0.1, 0.15) is 51.7 Å². The van der Waals surface area contributed by atoms with Crippen molar-refractivity contribution in [3.05, 3.63) is 35.4 Å². The van der Waals surface area contributed by atoms with Gasteiger partial charge in [0.15, 0.2) is 0 Å². The smallest absolute Gasteiger partial charge is 0.410 e. The first kappa shape index (κ1) is 20.8. The van der Waals surface area contributed by atoms with Gasteiger partial charge in [-0.2, -0.15) is 5.10 Å². The van der Waals surface area contributed by atoms with Crippen LogP contribution in [-0.4, -0.2) is 40.6 Å². The van der Waals surface area contributed by atoms with Crippen LogP contribution in [0.25, 0.3) is 0 Å². The standard InChI is InChI=1S/C19H26F2N4O2/c1-12-16(24-22)15(9-10-25(12)18(26)27-19(2,3)4)23-11-13-7-5-6-8-14(13)17(20)21/h5-8,12,17H,9-11,22H2,1-4H3. The summed E-state index contributed by atoms with van der Waals surface area (Å²) >= 11 is 0. The highest BCUT2D eigenvalue weighted by molar-refractivity contribution is 6.45. The van der Waals surface area contributed by atoms with Crippen molar-refractivity contribution in [3.63, 3.8) is 0 Å². The largest absolute Gasteiger partial charge is 0.444 e. The zero-order valence-corrected chi connectivity index (χ0v) is 16.1. The maximum atomic E-state index is 13.1. The van der Waals surface area contributed by atoms with E-state index in [-0.39, 0.29) is 12.1 Å². The molecule has 27 heavy (non-hydrogen) atoms. The number of hydrogen-bond donors (Lipinski definition) is 1. The minimum atomic E-state index is -2.56. The molecule has 0 aromatic heterocycles. The molecule has 0 radical (unpaired) electrons. The molecule has 1 saturated heterocycles. The van der Waals surface area contributed by atoms with Crippen molar-refractivity contribution in [2.75, 3.05) is 6.54 Å². The number of ether oxygens (including phenoxy) is 1. The molecule has 1 unspecified atom stereocenters. The van der Waals surface area contributed by atoms with Crippen LogP contribution in [0.3, 0.4) is 0 Å². The van der Waals surface area contributed by atoms with E-state index >= 15 is 0 Å². The zero-order chi connectivity index (χ0) is 20.2. The normalized spacial score (nSPS) is 21.1. The Hall–Kier alpha value is -2.51. The van der Waals surface area contributed by atoms with Crippen molar-refractivity contribution >= 4 is 17.5 Å². The molecule has 148 valence electrons. The Morgan fingerprint density at radius 1 is 1.37 bits per heavy atom. The van der Waals surface area contributed by atoms with E-state index in [1.54, 1.807) is 50.8 Å². The van der Waals surface area contributed by atoms with E-state index in [0.29, 0.717) is 30.0 Å². The average Bonchev–Trinajstić information content (AvgIpc) is 2.58. The molecule has 1 fully saturated rings. The summed E-state index contributed by atoms with van der Waals surface area (Å²) in [5, 5.41) is 3.80. The van der Waals surface area contributed by atoms with E-state index in [2.05, 4.69) is 10.1 Å². The number of halogens is 2. The molecule has 1 aromatic rings. The predicted octanol–water partition coefficient (Wildman–Crippen LogP) is 3.91. The molecule has 1 atom stereocenters. The minimum Gasteiger partial charge on any atom is -0.444 e. The van der Waals surface area contributed by atoms with Gasteiger partial charge in [0.2, 0.25) is 0 Å². The van der Waals surface area contributed by atoms with Crippen molar-refractivity contribution in [3.8, 4) is 0 Å². The molecular formula is C19H26F2N4O2. The Kier molecular flexibility index (Phi) is 6.51. The lowest BCUT2D eigenvalue weighted by atomic mass is 9.99. The summed E-state index contributed by atoms with van der Waals surface area (Å²) in [6.45, 7) is 7.68. The number of carbonyl (C=O) groups is 1. The number of aliphatic imine (C=N–C) groups is 1. The topological polar surface area (TPSA) is 80.3 Å². The Morgan fingerprint density at radius 3 is 2.63 bits per heavy atom. The molecule has 0 bridgehead atoms. The van der Waals surface area contributed by atoms with Gasteiger partial charge in [-0.1, -0.05) is 24.3 Å². The van der Waals surface area contributed by atoms with E-state index < -0.39 is 24.2 Å². The summed E-state index contributed by atoms with van der Waals surface area (Å²) in [5.41, 5.74) is 0.894. The summed E-state index contributed by atoms with van der Waals surface area (Å²) in [5.74, 6) is 5.53. The quantitative estimate of drug-likeness (QED) is 0.638. The molecule has 0 saturated carbocycles. The number of rotatable bonds is 3. The summed E-state index contributed by atoms with van der Waals surface area (Å²) in [6, 6.07) is 5.89. The Morgan fingerprint density at radius 2 is 2.04 bits per heavy atom. The number of nitrogens with two attached hydrogens (primary N) is 1. The molecule has 1 heterocycles. The summed E-state index contributed by atoms with van der Waals surface area (Å²) in [7, 11) is 0. The number of amides is 1. The van der Waals surface area contributed by atoms with Crippen LogP contribution in [0, 0.1) is 0 Å². The van der Waals surface area contributed by atoms with Gasteiger partial charge in [0.05, 0.1) is 18.3 Å². The number of hydrogen-bond acceptors (Lipinski definition) is 5. The third-order valence-corrected chi connectivity index (χ3v) is 4.25. The number of carbonyl (C=O) groups excluding carboxylic acids is 1. The maximum Gasteiger partial charge on any atom is 0.410 e. The second kappa shape index (κ2) is 8.45. The van der Waals surface area contributed by atoms with Crippen LogP contribution in [-0.2, 0) is 11.3 Å². The SMILES string of the molecule is CC1C(=NN)C(=NCc2ccccc2C(F)F)CCN1C(=O)OC(C)(C)C. The molecule has 6 nitrogen and oxygen atoms in total. The zero-order valence-electron chi connectivity index (χ0n) is 16.1. The third kappa shape index (κ3) is 5.24. The first-order valence-electron chi connectivity index (χ1n) is 8.81. The van der Waals surface area contributed by atoms with Crippen molar-refractivity contribution in [1.29, 1.82) is 0 Å². The van der Waals surface area contributed by atoms with Crippen molar-refractivity contribution in [2.45, 2.75) is 58.7 Å². The first-order valence-corrected chi connectivity index (χ1v) is 8.81. The number of piperidine rings is 1. The lowest BCUT2D eigenvalue weighted by Gasteiger charge is -2.36. The lowest BCUT2D eigenvalue weighted by molar-refractivity contribution is 0.0225. The maximum absolute atomic E-state index is 13.1. The monoisotopic (exact) mass is 380 g/mol. The molecule has 2 rings (SSSR count). The summed E-state index contributed by atoms with van der Waals surface area (Å²) < 4.78 is 31.7. The highest BCUT2D eigenvalue weighted by atomic mass is 19.3. The molecule has 1 aliphatic rings. The van der Waals surface area contributed by atoms with Crippen LogP contribution in [0.5, 0.6) is 0 Å². The molecule has 0 spiro atoms. The first-order chi connectivity index (χ1) is 12.6. The summed E-state index contributed by atoms with van der Waals surface area (Å²) in [6.07, 6.45) is -2.58. The molecule has 1 aliphatic heterocycles. The molecule has 0 aliphatic carbocycles. The van der Waals surface area contributed by atoms with Crippen LogP contribution in [0.15, 0.2) is 34.4 Å². The molecule has 8 heteroatoms. The molecule has 2 N–H and O–H groups in total. The second-order valence-corrected chi connectivity index (χ2v) is 7.38. The van der Waals surface area contributed by atoms with Crippen molar-refractivity contribution < 1.29 is 18.3 Å². The average molecular weight is 380 g/mol.